The van der Waals surface area contributed by atoms with E-state index < -0.39 is 6.10 Å². The van der Waals surface area contributed by atoms with Crippen LogP contribution in [0.2, 0.25) is 0 Å². The molecule has 0 aliphatic heterocycles. The molecule has 1 aromatic carbocycles. The van der Waals surface area contributed by atoms with E-state index in [1.165, 1.54) is 0 Å². The van der Waals surface area contributed by atoms with Gasteiger partial charge in [-0.3, -0.25) is 4.79 Å². The molecule has 1 rings (SSSR count). The second kappa shape index (κ2) is 8.43. The van der Waals surface area contributed by atoms with Gasteiger partial charge in [0.2, 0.25) is 0 Å². The van der Waals surface area contributed by atoms with Gasteiger partial charge in [0.05, 0.1) is 7.11 Å². The van der Waals surface area contributed by atoms with Gasteiger partial charge in [-0.15, -0.1) is 0 Å². The Hall–Kier alpha value is -1.75. The molecule has 0 aliphatic rings. The minimum Gasteiger partial charge on any atom is -0.493 e. The Morgan fingerprint density at radius 2 is 2.10 bits per heavy atom. The van der Waals surface area contributed by atoms with Crippen molar-refractivity contribution in [1.82, 2.24) is 10.6 Å². The molecule has 1 amide bonds. The fourth-order valence-corrected chi connectivity index (χ4v) is 1.78. The molecule has 0 bridgehead atoms. The molecule has 0 saturated carbocycles. The van der Waals surface area contributed by atoms with E-state index in [4.69, 9.17) is 9.47 Å². The Morgan fingerprint density at radius 1 is 1.35 bits per heavy atom. The van der Waals surface area contributed by atoms with Gasteiger partial charge in [0.1, 0.15) is 0 Å². The van der Waals surface area contributed by atoms with Crippen LogP contribution in [0.25, 0.3) is 0 Å². The summed E-state index contributed by atoms with van der Waals surface area (Å²) in [5.41, 5.74) is 1.12. The number of hydrogen-bond donors (Lipinski definition) is 2. The lowest BCUT2D eigenvalue weighted by Crippen LogP contribution is -2.33. The van der Waals surface area contributed by atoms with Gasteiger partial charge >= 0.3 is 0 Å². The number of likely N-dealkylation sites (N-methyl/N-ethyl adjacent to an activating group) is 1. The van der Waals surface area contributed by atoms with Crippen LogP contribution in [-0.4, -0.2) is 32.7 Å². The molecule has 1 atom stereocenters. The summed E-state index contributed by atoms with van der Waals surface area (Å²) in [6.07, 6.45) is 0.542. The number of benzene rings is 1. The maximum Gasteiger partial charge on any atom is 0.260 e. The summed E-state index contributed by atoms with van der Waals surface area (Å²) in [5.74, 6) is 1.04. The first-order valence-corrected chi connectivity index (χ1v) is 6.88. The monoisotopic (exact) mass is 280 g/mol. The summed E-state index contributed by atoms with van der Waals surface area (Å²) < 4.78 is 10.9. The summed E-state index contributed by atoms with van der Waals surface area (Å²) in [6.45, 7) is 5.60. The topological polar surface area (TPSA) is 59.6 Å². The highest BCUT2D eigenvalue weighted by Gasteiger charge is 2.15. The lowest BCUT2D eigenvalue weighted by molar-refractivity contribution is -0.126. The third-order valence-corrected chi connectivity index (χ3v) is 2.90. The highest BCUT2D eigenvalue weighted by molar-refractivity contribution is 5.80. The van der Waals surface area contributed by atoms with Gasteiger partial charge < -0.3 is 20.1 Å². The van der Waals surface area contributed by atoms with Crippen LogP contribution in [0.4, 0.5) is 0 Å². The molecular weight excluding hydrogens is 256 g/mol. The normalized spacial score (nSPS) is 11.8. The van der Waals surface area contributed by atoms with E-state index in [0.717, 1.165) is 25.1 Å². The van der Waals surface area contributed by atoms with Crippen LogP contribution in [0.1, 0.15) is 25.8 Å². The predicted octanol–water partition coefficient (Wildman–Crippen LogP) is 1.71. The van der Waals surface area contributed by atoms with Crippen LogP contribution in [0.5, 0.6) is 11.5 Å². The molecule has 0 spiro atoms. The quantitative estimate of drug-likeness (QED) is 0.712. The molecule has 2 N–H and O–H groups in total. The van der Waals surface area contributed by atoms with Crippen molar-refractivity contribution < 1.29 is 14.3 Å². The first kappa shape index (κ1) is 16.3. The van der Waals surface area contributed by atoms with Crippen molar-refractivity contribution in [2.45, 2.75) is 32.9 Å². The van der Waals surface area contributed by atoms with E-state index in [1.54, 1.807) is 21.1 Å². The summed E-state index contributed by atoms with van der Waals surface area (Å²) in [6, 6.07) is 5.73. The average molecular weight is 280 g/mol. The van der Waals surface area contributed by atoms with Crippen LogP contribution >= 0.6 is 0 Å². The molecular formula is C15H24N2O3. The number of methoxy groups -OCH3 is 1. The molecule has 20 heavy (non-hydrogen) atoms. The highest BCUT2D eigenvalue weighted by atomic mass is 16.5. The van der Waals surface area contributed by atoms with Crippen molar-refractivity contribution >= 4 is 5.91 Å². The highest BCUT2D eigenvalue weighted by Crippen LogP contribution is 2.29. The van der Waals surface area contributed by atoms with Crippen LogP contribution in [0.3, 0.4) is 0 Å². The number of carbonyl (C=O) groups is 1. The number of hydrogen-bond acceptors (Lipinski definition) is 4. The SMILES string of the molecule is CCCNCc1ccc(OC(C)C(=O)NC)c(OC)c1. The molecule has 1 unspecified atom stereocenters. The summed E-state index contributed by atoms with van der Waals surface area (Å²) in [4.78, 5) is 11.5. The standard InChI is InChI=1S/C15H24N2O3/c1-5-8-17-10-12-6-7-13(14(9-12)19-4)20-11(2)15(18)16-3/h6-7,9,11,17H,5,8,10H2,1-4H3,(H,16,18). The maximum atomic E-state index is 11.5. The van der Waals surface area contributed by atoms with Crippen molar-refractivity contribution in [3.8, 4) is 11.5 Å². The third kappa shape index (κ3) is 4.74. The van der Waals surface area contributed by atoms with Gasteiger partial charge in [-0.25, -0.2) is 0 Å². The minimum absolute atomic E-state index is 0.166. The van der Waals surface area contributed by atoms with E-state index in [9.17, 15) is 4.79 Å². The van der Waals surface area contributed by atoms with Crippen molar-refractivity contribution in [1.29, 1.82) is 0 Å². The van der Waals surface area contributed by atoms with Gasteiger partial charge in [-0.1, -0.05) is 13.0 Å². The number of rotatable bonds is 8. The van der Waals surface area contributed by atoms with Crippen molar-refractivity contribution in [3.63, 3.8) is 0 Å². The largest absolute Gasteiger partial charge is 0.493 e. The lowest BCUT2D eigenvalue weighted by Gasteiger charge is -2.16. The molecule has 0 fully saturated rings. The van der Waals surface area contributed by atoms with E-state index in [2.05, 4.69) is 17.6 Å². The second-order valence-electron chi connectivity index (χ2n) is 4.54. The van der Waals surface area contributed by atoms with E-state index in [1.807, 2.05) is 18.2 Å². The van der Waals surface area contributed by atoms with E-state index in [0.29, 0.717) is 11.5 Å². The van der Waals surface area contributed by atoms with Gasteiger partial charge in [-0.05, 0) is 37.6 Å². The van der Waals surface area contributed by atoms with Gasteiger partial charge in [0.15, 0.2) is 17.6 Å². The van der Waals surface area contributed by atoms with E-state index in [-0.39, 0.29) is 5.91 Å². The maximum absolute atomic E-state index is 11.5. The second-order valence-corrected chi connectivity index (χ2v) is 4.54. The number of ether oxygens (including phenoxy) is 2. The minimum atomic E-state index is -0.557. The first-order chi connectivity index (χ1) is 9.62. The zero-order chi connectivity index (χ0) is 15.0. The molecule has 1 aromatic rings. The summed E-state index contributed by atoms with van der Waals surface area (Å²) >= 11 is 0. The molecule has 0 heterocycles. The van der Waals surface area contributed by atoms with Crippen LogP contribution in [0.15, 0.2) is 18.2 Å². The van der Waals surface area contributed by atoms with Crippen LogP contribution in [0, 0.1) is 0 Å². The average Bonchev–Trinajstić information content (AvgIpc) is 2.47. The molecule has 5 heteroatoms. The fraction of sp³-hybridized carbons (Fsp3) is 0.533. The molecule has 5 nitrogen and oxygen atoms in total. The lowest BCUT2D eigenvalue weighted by atomic mass is 10.2. The van der Waals surface area contributed by atoms with Gasteiger partial charge in [0.25, 0.3) is 5.91 Å². The Kier molecular flexibility index (Phi) is 6.87. The molecule has 0 saturated heterocycles. The first-order valence-electron chi connectivity index (χ1n) is 6.88. The Labute approximate surface area is 120 Å². The fourth-order valence-electron chi connectivity index (χ4n) is 1.78. The number of nitrogens with one attached hydrogen (secondary N) is 2. The Bertz CT molecular complexity index is 435. The predicted molar refractivity (Wildman–Crippen MR) is 79.1 cm³/mol. The molecule has 0 radical (unpaired) electrons. The molecule has 0 aromatic heterocycles. The summed E-state index contributed by atoms with van der Waals surface area (Å²) in [5, 5.41) is 5.88. The molecule has 112 valence electrons. The van der Waals surface area contributed by atoms with Crippen molar-refractivity contribution in [2.75, 3.05) is 20.7 Å². The van der Waals surface area contributed by atoms with Crippen LogP contribution < -0.4 is 20.1 Å². The molecule has 0 aliphatic carbocycles. The van der Waals surface area contributed by atoms with Crippen molar-refractivity contribution in [2.24, 2.45) is 0 Å². The van der Waals surface area contributed by atoms with Crippen molar-refractivity contribution in [3.05, 3.63) is 23.8 Å². The Morgan fingerprint density at radius 3 is 2.70 bits per heavy atom. The number of carbonyl (C=O) groups excluding carboxylic acids is 1. The third-order valence-electron chi connectivity index (χ3n) is 2.90. The smallest absolute Gasteiger partial charge is 0.260 e. The Balaban J connectivity index is 2.74. The van der Waals surface area contributed by atoms with Gasteiger partial charge in [0, 0.05) is 13.6 Å². The zero-order valence-electron chi connectivity index (χ0n) is 12.7. The van der Waals surface area contributed by atoms with Crippen LogP contribution in [-0.2, 0) is 11.3 Å². The zero-order valence-corrected chi connectivity index (χ0v) is 12.7. The number of amides is 1. The van der Waals surface area contributed by atoms with Gasteiger partial charge in [-0.2, -0.15) is 0 Å². The van der Waals surface area contributed by atoms with E-state index >= 15 is 0 Å². The summed E-state index contributed by atoms with van der Waals surface area (Å²) in [7, 11) is 3.18.